The standard InChI is InChI=1S/C10H13N3O2S/c11-3-1-4-15-6-8-12-7-2-5-16-9(7)10(14)13-8/h2,5H,1,3-4,6,11H2,(H,12,13,14). The number of nitrogens with one attached hydrogen (secondary N) is 1. The largest absolute Gasteiger partial charge is 0.373 e. The van der Waals surface area contributed by atoms with E-state index in [0.717, 1.165) is 11.9 Å². The van der Waals surface area contributed by atoms with E-state index in [1.54, 1.807) is 0 Å². The van der Waals surface area contributed by atoms with Crippen LogP contribution >= 0.6 is 11.3 Å². The minimum atomic E-state index is -0.0996. The second-order valence-corrected chi connectivity index (χ2v) is 4.26. The average molecular weight is 239 g/mol. The van der Waals surface area contributed by atoms with Crippen LogP contribution in [0.2, 0.25) is 0 Å². The lowest BCUT2D eigenvalue weighted by atomic mass is 10.4. The second-order valence-electron chi connectivity index (χ2n) is 3.34. The first-order chi connectivity index (χ1) is 7.81. The van der Waals surface area contributed by atoms with Gasteiger partial charge in [0.25, 0.3) is 5.56 Å². The van der Waals surface area contributed by atoms with Gasteiger partial charge in [-0.3, -0.25) is 4.79 Å². The lowest BCUT2D eigenvalue weighted by Crippen LogP contribution is -2.12. The summed E-state index contributed by atoms with van der Waals surface area (Å²) in [6, 6.07) is 1.83. The molecule has 0 atom stereocenters. The Morgan fingerprint density at radius 2 is 2.44 bits per heavy atom. The fourth-order valence-electron chi connectivity index (χ4n) is 1.34. The summed E-state index contributed by atoms with van der Waals surface area (Å²) in [5, 5.41) is 1.85. The van der Waals surface area contributed by atoms with Crippen LogP contribution in [0.4, 0.5) is 0 Å². The molecule has 0 saturated carbocycles. The molecule has 0 fully saturated rings. The van der Waals surface area contributed by atoms with Crippen molar-refractivity contribution < 1.29 is 4.74 Å². The lowest BCUT2D eigenvalue weighted by Gasteiger charge is -2.02. The summed E-state index contributed by atoms with van der Waals surface area (Å²) in [5.74, 6) is 0.563. The van der Waals surface area contributed by atoms with E-state index in [4.69, 9.17) is 10.5 Å². The molecule has 0 saturated heterocycles. The van der Waals surface area contributed by atoms with Gasteiger partial charge in [-0.25, -0.2) is 4.98 Å². The summed E-state index contributed by atoms with van der Waals surface area (Å²) in [5.41, 5.74) is 5.97. The second kappa shape index (κ2) is 5.20. The number of hydrogen-bond donors (Lipinski definition) is 2. The van der Waals surface area contributed by atoms with Gasteiger partial charge in [0.15, 0.2) is 0 Å². The Bertz CT molecular complexity index is 520. The smallest absolute Gasteiger partial charge is 0.268 e. The Morgan fingerprint density at radius 3 is 3.25 bits per heavy atom. The van der Waals surface area contributed by atoms with Gasteiger partial charge in [-0.1, -0.05) is 0 Å². The molecule has 0 amide bonds. The van der Waals surface area contributed by atoms with Crippen molar-refractivity contribution in [3.63, 3.8) is 0 Å². The van der Waals surface area contributed by atoms with Gasteiger partial charge in [0.2, 0.25) is 0 Å². The molecule has 3 N–H and O–H groups in total. The first-order valence-corrected chi connectivity index (χ1v) is 5.93. The van der Waals surface area contributed by atoms with Crippen molar-refractivity contribution in [1.82, 2.24) is 9.97 Å². The van der Waals surface area contributed by atoms with Crippen LogP contribution in [0.15, 0.2) is 16.2 Å². The molecule has 2 heterocycles. The summed E-state index contributed by atoms with van der Waals surface area (Å²) in [4.78, 5) is 18.6. The molecule has 0 radical (unpaired) electrons. The van der Waals surface area contributed by atoms with Gasteiger partial charge in [-0.15, -0.1) is 11.3 Å². The molecule has 0 spiro atoms. The van der Waals surface area contributed by atoms with Gasteiger partial charge in [0, 0.05) is 6.61 Å². The third-order valence-corrected chi connectivity index (χ3v) is 3.00. The molecule has 16 heavy (non-hydrogen) atoms. The predicted molar refractivity (Wildman–Crippen MR) is 63.6 cm³/mol. The zero-order valence-corrected chi connectivity index (χ0v) is 9.55. The molecule has 2 aromatic heterocycles. The van der Waals surface area contributed by atoms with Crippen LogP contribution < -0.4 is 11.3 Å². The van der Waals surface area contributed by atoms with Gasteiger partial charge in [0.1, 0.15) is 17.1 Å². The maximum absolute atomic E-state index is 11.6. The van der Waals surface area contributed by atoms with Gasteiger partial charge in [-0.2, -0.15) is 0 Å². The van der Waals surface area contributed by atoms with Crippen LogP contribution in [0.3, 0.4) is 0 Å². The van der Waals surface area contributed by atoms with Gasteiger partial charge in [0.05, 0.1) is 5.52 Å². The number of thiophene rings is 1. The monoisotopic (exact) mass is 239 g/mol. The van der Waals surface area contributed by atoms with E-state index in [9.17, 15) is 4.79 Å². The quantitative estimate of drug-likeness (QED) is 0.758. The first-order valence-electron chi connectivity index (χ1n) is 5.05. The van der Waals surface area contributed by atoms with Crippen LogP contribution in [-0.2, 0) is 11.3 Å². The number of aromatic amines is 1. The summed E-state index contributed by atoms with van der Waals surface area (Å²) >= 11 is 1.39. The van der Waals surface area contributed by atoms with Crippen molar-refractivity contribution in [2.45, 2.75) is 13.0 Å². The maximum atomic E-state index is 11.6. The third kappa shape index (κ3) is 2.46. The zero-order valence-electron chi connectivity index (χ0n) is 8.73. The van der Waals surface area contributed by atoms with Crippen LogP contribution in [0, 0.1) is 0 Å². The number of rotatable bonds is 5. The Kier molecular flexibility index (Phi) is 3.66. The molecule has 0 unspecified atom stereocenters. The minimum Gasteiger partial charge on any atom is -0.373 e. The van der Waals surface area contributed by atoms with Crippen molar-refractivity contribution in [3.8, 4) is 0 Å². The third-order valence-electron chi connectivity index (χ3n) is 2.10. The zero-order chi connectivity index (χ0) is 11.4. The summed E-state index contributed by atoms with van der Waals surface area (Å²) in [7, 11) is 0. The lowest BCUT2D eigenvalue weighted by molar-refractivity contribution is 0.114. The van der Waals surface area contributed by atoms with Crippen molar-refractivity contribution >= 4 is 21.6 Å². The molecule has 0 aromatic carbocycles. The Labute approximate surface area is 96.3 Å². The predicted octanol–water partition coefficient (Wildman–Crippen LogP) is 0.850. The molecule has 2 rings (SSSR count). The van der Waals surface area contributed by atoms with E-state index < -0.39 is 0 Å². The molecule has 0 aliphatic rings. The van der Waals surface area contributed by atoms with E-state index >= 15 is 0 Å². The number of hydrogen-bond acceptors (Lipinski definition) is 5. The van der Waals surface area contributed by atoms with Crippen LogP contribution in [0.5, 0.6) is 0 Å². The molecule has 0 bridgehead atoms. The highest BCUT2D eigenvalue weighted by Crippen LogP contribution is 2.13. The Balaban J connectivity index is 2.10. The fourth-order valence-corrected chi connectivity index (χ4v) is 2.07. The molecule has 0 aliphatic heterocycles. The molecular formula is C10H13N3O2S. The van der Waals surface area contributed by atoms with E-state index in [1.807, 2.05) is 11.4 Å². The van der Waals surface area contributed by atoms with Crippen molar-refractivity contribution in [1.29, 1.82) is 0 Å². The summed E-state index contributed by atoms with van der Waals surface area (Å²) < 4.78 is 5.99. The molecule has 0 aliphatic carbocycles. The van der Waals surface area contributed by atoms with E-state index in [0.29, 0.717) is 30.3 Å². The van der Waals surface area contributed by atoms with Crippen LogP contribution in [0.1, 0.15) is 12.2 Å². The number of H-pyrrole nitrogens is 1. The van der Waals surface area contributed by atoms with Crippen molar-refractivity contribution in [2.75, 3.05) is 13.2 Å². The van der Waals surface area contributed by atoms with Crippen molar-refractivity contribution in [2.24, 2.45) is 5.73 Å². The highest BCUT2D eigenvalue weighted by atomic mass is 32.1. The van der Waals surface area contributed by atoms with E-state index in [1.165, 1.54) is 11.3 Å². The van der Waals surface area contributed by atoms with Crippen LogP contribution in [-0.4, -0.2) is 23.1 Å². The van der Waals surface area contributed by atoms with Crippen LogP contribution in [0.25, 0.3) is 10.2 Å². The Morgan fingerprint density at radius 1 is 1.56 bits per heavy atom. The first kappa shape index (κ1) is 11.3. The van der Waals surface area contributed by atoms with Crippen molar-refractivity contribution in [3.05, 3.63) is 27.6 Å². The highest BCUT2D eigenvalue weighted by Gasteiger charge is 2.04. The van der Waals surface area contributed by atoms with E-state index in [2.05, 4.69) is 9.97 Å². The maximum Gasteiger partial charge on any atom is 0.268 e. The molecule has 5 nitrogen and oxygen atoms in total. The van der Waals surface area contributed by atoms with Gasteiger partial charge >= 0.3 is 0 Å². The number of fused-ring (bicyclic) bond motifs is 1. The molecule has 86 valence electrons. The number of nitrogens with zero attached hydrogens (tertiary/aromatic N) is 1. The summed E-state index contributed by atoms with van der Waals surface area (Å²) in [6.07, 6.45) is 0.810. The Hall–Kier alpha value is -1.24. The minimum absolute atomic E-state index is 0.0996. The van der Waals surface area contributed by atoms with Gasteiger partial charge < -0.3 is 15.5 Å². The molecule has 2 aromatic rings. The fraction of sp³-hybridized carbons (Fsp3) is 0.400. The molecular weight excluding hydrogens is 226 g/mol. The number of aromatic nitrogens is 2. The topological polar surface area (TPSA) is 81.0 Å². The van der Waals surface area contributed by atoms with Gasteiger partial charge in [-0.05, 0) is 24.4 Å². The SMILES string of the molecule is NCCCOCc1nc2ccsc2c(=O)[nH]1. The average Bonchev–Trinajstić information content (AvgIpc) is 2.73. The summed E-state index contributed by atoms with van der Waals surface area (Å²) in [6.45, 7) is 1.51. The van der Waals surface area contributed by atoms with E-state index in [-0.39, 0.29) is 5.56 Å². The number of ether oxygens (including phenoxy) is 1. The number of nitrogens with two attached hydrogens (primary N) is 1. The highest BCUT2D eigenvalue weighted by molar-refractivity contribution is 7.17. The normalized spacial score (nSPS) is 11.1. The molecule has 6 heteroatoms.